The van der Waals surface area contributed by atoms with E-state index in [1.165, 1.54) is 0 Å². The van der Waals surface area contributed by atoms with Crippen molar-refractivity contribution < 1.29 is 13.5 Å². The number of rotatable bonds is 6. The number of alkyl halides is 1. The average Bonchev–Trinajstić information content (AvgIpc) is 3.51. The van der Waals surface area contributed by atoms with Gasteiger partial charge in [-0.3, -0.25) is 10.00 Å². The van der Waals surface area contributed by atoms with E-state index in [0.717, 1.165) is 44.8 Å². The Morgan fingerprint density at radius 1 is 1.12 bits per heavy atom. The van der Waals surface area contributed by atoms with Crippen LogP contribution in [0.15, 0.2) is 6.07 Å². The molecule has 32 heavy (non-hydrogen) atoms. The third-order valence-electron chi connectivity index (χ3n) is 7.33. The molecule has 0 spiro atoms. The van der Waals surface area contributed by atoms with Crippen LogP contribution in [0.25, 0.3) is 0 Å². The fourth-order valence-electron chi connectivity index (χ4n) is 4.84. The molecule has 6 rings (SSSR count). The van der Waals surface area contributed by atoms with Crippen LogP contribution in [0.1, 0.15) is 56.0 Å². The van der Waals surface area contributed by atoms with Gasteiger partial charge in [0.05, 0.1) is 18.8 Å². The Bertz CT molecular complexity index is 992. The highest BCUT2D eigenvalue weighted by atomic mass is 19.1. The Balaban J connectivity index is 1.21. The van der Waals surface area contributed by atoms with Gasteiger partial charge in [0.2, 0.25) is 5.82 Å². The molecule has 2 aliphatic carbocycles. The lowest BCUT2D eigenvalue weighted by molar-refractivity contribution is -0.131. The molecule has 0 atom stereocenters. The van der Waals surface area contributed by atoms with Crippen LogP contribution in [0.3, 0.4) is 0 Å². The number of H-pyrrole nitrogens is 1. The van der Waals surface area contributed by atoms with Crippen LogP contribution in [0, 0.1) is 5.82 Å². The van der Waals surface area contributed by atoms with Gasteiger partial charge >= 0.3 is 0 Å². The fourth-order valence-corrected chi connectivity index (χ4v) is 4.84. The monoisotopic (exact) mass is 445 g/mol. The summed E-state index contributed by atoms with van der Waals surface area (Å²) >= 11 is 0. The molecule has 172 valence electrons. The molecule has 2 N–H and O–H groups in total. The van der Waals surface area contributed by atoms with Crippen molar-refractivity contribution in [1.29, 1.82) is 0 Å². The number of hydrogen-bond donors (Lipinski definition) is 2. The van der Waals surface area contributed by atoms with Crippen LogP contribution in [-0.2, 0) is 4.74 Å². The second-order valence-electron chi connectivity index (χ2n) is 9.91. The van der Waals surface area contributed by atoms with E-state index in [9.17, 15) is 4.39 Å². The van der Waals surface area contributed by atoms with Gasteiger partial charge in [0.15, 0.2) is 17.5 Å². The Morgan fingerprint density at radius 3 is 2.50 bits per heavy atom. The van der Waals surface area contributed by atoms with Gasteiger partial charge in [0.1, 0.15) is 12.0 Å². The lowest BCUT2D eigenvalue weighted by Crippen LogP contribution is -2.64. The van der Waals surface area contributed by atoms with E-state index in [1.807, 2.05) is 11.0 Å². The Hall–Kier alpha value is -2.33. The summed E-state index contributed by atoms with van der Waals surface area (Å²) in [6.45, 7) is 6.87. The maximum atomic E-state index is 15.6. The summed E-state index contributed by atoms with van der Waals surface area (Å²) in [6.07, 6.45) is 2.36. The molecule has 4 aliphatic rings. The summed E-state index contributed by atoms with van der Waals surface area (Å²) < 4.78 is 34.2. The SMILES string of the molecule is CC1(N2CCN(c3nc(C4CC4)nc(Nc4cc([C@H]5C[C@@H](F)C5)[nH]n4)c3F)CC2)COC1. The molecule has 2 aromatic rings. The highest BCUT2D eigenvalue weighted by molar-refractivity contribution is 5.59. The minimum absolute atomic E-state index is 0.0997. The van der Waals surface area contributed by atoms with Crippen LogP contribution < -0.4 is 10.2 Å². The molecule has 0 amide bonds. The number of anilines is 3. The minimum atomic E-state index is -0.734. The second kappa shape index (κ2) is 7.62. The standard InChI is InChI=1S/C22H29F2N7O/c1-22(11-32-12-22)31-6-4-30(5-7-31)21-18(24)20(26-19(27-21)13-2-3-13)25-17-10-16(28-29-17)14-8-15(23)9-14/h10,13-15H,2-9,11-12H2,1H3,(H2,25,26,27,28,29)/t14-,15+. The van der Waals surface area contributed by atoms with Gasteiger partial charge in [-0.15, -0.1) is 0 Å². The van der Waals surface area contributed by atoms with Gasteiger partial charge in [-0.2, -0.15) is 9.49 Å². The zero-order valence-corrected chi connectivity index (χ0v) is 18.3. The van der Waals surface area contributed by atoms with Crippen molar-refractivity contribution in [2.75, 3.05) is 49.6 Å². The van der Waals surface area contributed by atoms with E-state index >= 15 is 4.39 Å². The van der Waals surface area contributed by atoms with E-state index < -0.39 is 12.0 Å². The molecule has 4 heterocycles. The van der Waals surface area contributed by atoms with E-state index in [4.69, 9.17) is 4.74 Å². The van der Waals surface area contributed by atoms with Crippen molar-refractivity contribution in [2.45, 2.75) is 56.2 Å². The van der Waals surface area contributed by atoms with Crippen LogP contribution in [-0.4, -0.2) is 76.2 Å². The van der Waals surface area contributed by atoms with Crippen molar-refractivity contribution in [3.63, 3.8) is 0 Å². The normalized spacial score (nSPS) is 27.7. The van der Waals surface area contributed by atoms with Crippen molar-refractivity contribution >= 4 is 17.5 Å². The highest BCUT2D eigenvalue weighted by Gasteiger charge is 2.41. The molecule has 0 radical (unpaired) electrons. The van der Waals surface area contributed by atoms with Crippen LogP contribution in [0.2, 0.25) is 0 Å². The molecule has 0 aromatic carbocycles. The Labute approximate surface area is 185 Å². The number of hydrogen-bond acceptors (Lipinski definition) is 7. The van der Waals surface area contributed by atoms with Crippen molar-refractivity contribution in [2.24, 2.45) is 0 Å². The topological polar surface area (TPSA) is 82.2 Å². The molecule has 2 aliphatic heterocycles. The second-order valence-corrected chi connectivity index (χ2v) is 9.91. The zero-order valence-electron chi connectivity index (χ0n) is 18.3. The number of aromatic nitrogens is 4. The predicted molar refractivity (Wildman–Crippen MR) is 116 cm³/mol. The molecule has 0 unspecified atom stereocenters. The number of ether oxygens (including phenoxy) is 1. The molecule has 2 saturated carbocycles. The summed E-state index contributed by atoms with van der Waals surface area (Å²) in [5, 5.41) is 10.2. The highest BCUT2D eigenvalue weighted by Crippen LogP contribution is 2.41. The molecule has 4 fully saturated rings. The number of aromatic amines is 1. The summed E-state index contributed by atoms with van der Waals surface area (Å²) in [5.74, 6) is 1.73. The Morgan fingerprint density at radius 2 is 1.88 bits per heavy atom. The maximum Gasteiger partial charge on any atom is 0.208 e. The first-order valence-corrected chi connectivity index (χ1v) is 11.6. The number of piperazine rings is 1. The summed E-state index contributed by atoms with van der Waals surface area (Å²) in [4.78, 5) is 13.6. The molecule has 2 saturated heterocycles. The molecule has 8 nitrogen and oxygen atoms in total. The van der Waals surface area contributed by atoms with Gasteiger partial charge in [0, 0.05) is 49.8 Å². The lowest BCUT2D eigenvalue weighted by atomic mass is 9.81. The van der Waals surface area contributed by atoms with E-state index in [-0.39, 0.29) is 17.3 Å². The minimum Gasteiger partial charge on any atom is -0.377 e. The summed E-state index contributed by atoms with van der Waals surface area (Å²) in [7, 11) is 0. The van der Waals surface area contributed by atoms with Gasteiger partial charge in [-0.05, 0) is 32.6 Å². The van der Waals surface area contributed by atoms with Gasteiger partial charge < -0.3 is 15.0 Å². The predicted octanol–water partition coefficient (Wildman–Crippen LogP) is 3.09. The number of halogens is 2. The lowest BCUT2D eigenvalue weighted by Gasteiger charge is -2.50. The van der Waals surface area contributed by atoms with E-state index in [1.54, 1.807) is 0 Å². The molecular weight excluding hydrogens is 416 g/mol. The summed E-state index contributed by atoms with van der Waals surface area (Å²) in [6, 6.07) is 1.83. The summed E-state index contributed by atoms with van der Waals surface area (Å²) in [5.41, 5.74) is 0.978. The van der Waals surface area contributed by atoms with Crippen LogP contribution in [0.4, 0.5) is 26.2 Å². The largest absolute Gasteiger partial charge is 0.377 e. The van der Waals surface area contributed by atoms with Crippen LogP contribution >= 0.6 is 0 Å². The quantitative estimate of drug-likeness (QED) is 0.707. The molecule has 2 aromatic heterocycles. The van der Waals surface area contributed by atoms with Crippen LogP contribution in [0.5, 0.6) is 0 Å². The van der Waals surface area contributed by atoms with E-state index in [2.05, 4.69) is 37.3 Å². The smallest absolute Gasteiger partial charge is 0.208 e. The zero-order chi connectivity index (χ0) is 21.9. The van der Waals surface area contributed by atoms with Gasteiger partial charge in [0.25, 0.3) is 0 Å². The molecule has 0 bridgehead atoms. The molecular formula is C22H29F2N7O. The maximum absolute atomic E-state index is 15.6. The first-order valence-electron chi connectivity index (χ1n) is 11.6. The van der Waals surface area contributed by atoms with Crippen molar-refractivity contribution in [1.82, 2.24) is 25.1 Å². The first-order chi connectivity index (χ1) is 15.5. The average molecular weight is 446 g/mol. The van der Waals surface area contributed by atoms with E-state index in [0.29, 0.717) is 49.3 Å². The van der Waals surface area contributed by atoms with Gasteiger partial charge in [-0.1, -0.05) is 0 Å². The van der Waals surface area contributed by atoms with Gasteiger partial charge in [-0.25, -0.2) is 14.4 Å². The third kappa shape index (κ3) is 3.63. The third-order valence-corrected chi connectivity index (χ3v) is 7.33. The van der Waals surface area contributed by atoms with Crippen molar-refractivity contribution in [3.8, 4) is 0 Å². The number of nitrogens with one attached hydrogen (secondary N) is 2. The molecule has 10 heteroatoms. The number of nitrogens with zero attached hydrogens (tertiary/aromatic N) is 5. The fraction of sp³-hybridized carbons (Fsp3) is 0.682. The first kappa shape index (κ1) is 20.3. The van der Waals surface area contributed by atoms with Crippen molar-refractivity contribution in [3.05, 3.63) is 23.4 Å². The Kier molecular flexibility index (Phi) is 4.83.